The molecule has 5 heteroatoms. The van der Waals surface area contributed by atoms with Gasteiger partial charge in [0.25, 0.3) is 0 Å². The van der Waals surface area contributed by atoms with Crippen molar-refractivity contribution in [3.05, 3.63) is 16.1 Å². The molecule has 0 fully saturated rings. The maximum absolute atomic E-state index is 5.62. The van der Waals surface area contributed by atoms with Crippen LogP contribution in [0.2, 0.25) is 0 Å². The van der Waals surface area contributed by atoms with Crippen LogP contribution in [0, 0.1) is 5.92 Å². The molecule has 1 rings (SSSR count). The molecule has 1 aromatic rings. The van der Waals surface area contributed by atoms with Crippen LogP contribution in [-0.2, 0) is 12.0 Å². The van der Waals surface area contributed by atoms with E-state index in [1.807, 2.05) is 0 Å². The van der Waals surface area contributed by atoms with Crippen molar-refractivity contribution in [3.63, 3.8) is 0 Å². The Labute approximate surface area is 132 Å². The minimum atomic E-state index is 0.121. The molecule has 0 bridgehead atoms. The number of nitrogens with zero attached hydrogens (tertiary/aromatic N) is 2. The summed E-state index contributed by atoms with van der Waals surface area (Å²) in [5.74, 6) is 0.628. The van der Waals surface area contributed by atoms with Crippen LogP contribution in [0.25, 0.3) is 0 Å². The predicted molar refractivity (Wildman–Crippen MR) is 92.3 cm³/mol. The van der Waals surface area contributed by atoms with Crippen LogP contribution in [0.4, 0.5) is 0 Å². The Balaban J connectivity index is 2.68. The van der Waals surface area contributed by atoms with Crippen molar-refractivity contribution >= 4 is 28.5 Å². The lowest BCUT2D eigenvalue weighted by Crippen LogP contribution is -2.30. The monoisotopic (exact) mass is 313 g/mol. The smallest absolute Gasteiger partial charge is 0.107 e. The highest BCUT2D eigenvalue weighted by atomic mass is 32.1. The number of nitrogens with two attached hydrogens (primary N) is 1. The van der Waals surface area contributed by atoms with Crippen molar-refractivity contribution in [3.8, 4) is 0 Å². The largest absolute Gasteiger partial charge is 0.393 e. The van der Waals surface area contributed by atoms with E-state index in [0.717, 1.165) is 26.1 Å². The maximum Gasteiger partial charge on any atom is 0.107 e. The molecule has 0 spiro atoms. The predicted octanol–water partition coefficient (Wildman–Crippen LogP) is 3.57. The van der Waals surface area contributed by atoms with Gasteiger partial charge in [0.05, 0.1) is 17.2 Å². The third kappa shape index (κ3) is 6.29. The summed E-state index contributed by atoms with van der Waals surface area (Å²) in [4.78, 5) is 7.76. The number of aromatic nitrogens is 1. The molecule has 0 radical (unpaired) electrons. The Morgan fingerprint density at radius 1 is 1.45 bits per heavy atom. The zero-order valence-electron chi connectivity index (χ0n) is 13.3. The summed E-state index contributed by atoms with van der Waals surface area (Å²) < 4.78 is 0. The lowest BCUT2D eigenvalue weighted by atomic mass is 9.93. The highest BCUT2D eigenvalue weighted by Crippen LogP contribution is 2.24. The summed E-state index contributed by atoms with van der Waals surface area (Å²) in [7, 11) is 0. The molecule has 0 aliphatic heterocycles. The molecule has 0 amide bonds. The molecule has 0 aliphatic carbocycles. The Morgan fingerprint density at radius 3 is 2.55 bits per heavy atom. The Kier molecular flexibility index (Phi) is 6.55. The van der Waals surface area contributed by atoms with Gasteiger partial charge in [-0.05, 0) is 5.92 Å². The van der Waals surface area contributed by atoms with Gasteiger partial charge in [-0.1, -0.05) is 46.8 Å². The SMILES string of the molecule is CC(C)CN(CCC(N)=S)Cc1nc(C(C)(C)C)cs1. The second kappa shape index (κ2) is 7.48. The normalized spacial score (nSPS) is 12.3. The molecular weight excluding hydrogens is 286 g/mol. The first-order valence-corrected chi connectivity index (χ1v) is 8.43. The molecule has 0 atom stereocenters. The zero-order valence-corrected chi connectivity index (χ0v) is 14.9. The van der Waals surface area contributed by atoms with E-state index < -0.39 is 0 Å². The van der Waals surface area contributed by atoms with E-state index >= 15 is 0 Å². The van der Waals surface area contributed by atoms with Gasteiger partial charge in [0.15, 0.2) is 0 Å². The first-order valence-electron chi connectivity index (χ1n) is 7.14. The summed E-state index contributed by atoms with van der Waals surface area (Å²) in [6, 6.07) is 0. The van der Waals surface area contributed by atoms with Crippen molar-refractivity contribution < 1.29 is 0 Å². The first-order chi connectivity index (χ1) is 9.18. The van der Waals surface area contributed by atoms with E-state index in [2.05, 4.69) is 44.9 Å². The van der Waals surface area contributed by atoms with Crippen LogP contribution in [0.3, 0.4) is 0 Å². The first kappa shape index (κ1) is 17.5. The van der Waals surface area contributed by atoms with Gasteiger partial charge in [-0.15, -0.1) is 11.3 Å². The van der Waals surface area contributed by atoms with E-state index in [0.29, 0.717) is 10.9 Å². The van der Waals surface area contributed by atoms with Crippen molar-refractivity contribution in [2.45, 2.75) is 53.0 Å². The molecule has 0 aliphatic rings. The van der Waals surface area contributed by atoms with E-state index in [9.17, 15) is 0 Å². The van der Waals surface area contributed by atoms with Gasteiger partial charge in [-0.3, -0.25) is 4.90 Å². The molecule has 3 nitrogen and oxygen atoms in total. The summed E-state index contributed by atoms with van der Waals surface area (Å²) in [5.41, 5.74) is 6.92. The quantitative estimate of drug-likeness (QED) is 0.781. The average Bonchev–Trinajstić information content (AvgIpc) is 2.73. The van der Waals surface area contributed by atoms with Crippen LogP contribution in [0.5, 0.6) is 0 Å². The van der Waals surface area contributed by atoms with Gasteiger partial charge in [0.2, 0.25) is 0 Å². The second-order valence-electron chi connectivity index (χ2n) is 6.72. The molecule has 1 heterocycles. The Bertz CT molecular complexity index is 433. The van der Waals surface area contributed by atoms with E-state index in [1.165, 1.54) is 10.7 Å². The zero-order chi connectivity index (χ0) is 15.3. The van der Waals surface area contributed by atoms with Gasteiger partial charge in [0, 0.05) is 30.3 Å². The molecule has 0 aromatic carbocycles. The Hall–Kier alpha value is -0.520. The summed E-state index contributed by atoms with van der Waals surface area (Å²) in [6.07, 6.45) is 0.777. The molecule has 2 N–H and O–H groups in total. The van der Waals surface area contributed by atoms with Gasteiger partial charge < -0.3 is 5.73 Å². The van der Waals surface area contributed by atoms with E-state index in [-0.39, 0.29) is 5.41 Å². The van der Waals surface area contributed by atoms with Gasteiger partial charge in [-0.25, -0.2) is 4.98 Å². The molecule has 0 unspecified atom stereocenters. The third-order valence-electron chi connectivity index (χ3n) is 2.98. The summed E-state index contributed by atoms with van der Waals surface area (Å²) in [6.45, 7) is 13.9. The summed E-state index contributed by atoms with van der Waals surface area (Å²) in [5, 5.41) is 3.36. The number of hydrogen-bond donors (Lipinski definition) is 1. The fraction of sp³-hybridized carbons (Fsp3) is 0.733. The van der Waals surface area contributed by atoms with Crippen LogP contribution in [0.1, 0.15) is 51.7 Å². The van der Waals surface area contributed by atoms with Crippen LogP contribution >= 0.6 is 23.6 Å². The lowest BCUT2D eigenvalue weighted by Gasteiger charge is -2.23. The van der Waals surface area contributed by atoms with Gasteiger partial charge in [0.1, 0.15) is 5.01 Å². The average molecular weight is 314 g/mol. The Morgan fingerprint density at radius 2 is 2.10 bits per heavy atom. The second-order valence-corrected chi connectivity index (χ2v) is 8.19. The molecule has 1 aromatic heterocycles. The van der Waals surface area contributed by atoms with Crippen molar-refractivity contribution in [2.75, 3.05) is 13.1 Å². The van der Waals surface area contributed by atoms with Crippen LogP contribution < -0.4 is 5.73 Å². The highest BCUT2D eigenvalue weighted by Gasteiger charge is 2.18. The standard InChI is InChI=1S/C15H27N3S2/c1-11(2)8-18(7-6-13(16)19)9-14-17-12(10-20-14)15(3,4)5/h10-11H,6-9H2,1-5H3,(H2,16,19). The minimum Gasteiger partial charge on any atom is -0.393 e. The van der Waals surface area contributed by atoms with Crippen molar-refractivity contribution in [1.82, 2.24) is 9.88 Å². The summed E-state index contributed by atoms with van der Waals surface area (Å²) >= 11 is 6.73. The van der Waals surface area contributed by atoms with Crippen molar-refractivity contribution in [1.29, 1.82) is 0 Å². The van der Waals surface area contributed by atoms with Crippen LogP contribution in [-0.4, -0.2) is 28.0 Å². The minimum absolute atomic E-state index is 0.121. The molecule has 114 valence electrons. The molecule has 0 saturated carbocycles. The molecular formula is C15H27N3S2. The highest BCUT2D eigenvalue weighted by molar-refractivity contribution is 7.80. The topological polar surface area (TPSA) is 42.1 Å². The van der Waals surface area contributed by atoms with E-state index in [4.69, 9.17) is 22.9 Å². The van der Waals surface area contributed by atoms with Crippen molar-refractivity contribution in [2.24, 2.45) is 11.7 Å². The fourth-order valence-corrected chi connectivity index (χ4v) is 3.09. The van der Waals surface area contributed by atoms with Gasteiger partial charge in [-0.2, -0.15) is 0 Å². The number of rotatable bonds is 7. The maximum atomic E-state index is 5.62. The fourth-order valence-electron chi connectivity index (χ4n) is 1.94. The number of thiazole rings is 1. The van der Waals surface area contributed by atoms with Crippen LogP contribution in [0.15, 0.2) is 5.38 Å². The number of thiocarbonyl (C=S) groups is 1. The van der Waals surface area contributed by atoms with E-state index in [1.54, 1.807) is 11.3 Å². The third-order valence-corrected chi connectivity index (χ3v) is 4.01. The molecule has 20 heavy (non-hydrogen) atoms. The van der Waals surface area contributed by atoms with Gasteiger partial charge >= 0.3 is 0 Å². The lowest BCUT2D eigenvalue weighted by molar-refractivity contribution is 0.242. The number of hydrogen-bond acceptors (Lipinski definition) is 4. The molecule has 0 saturated heterocycles.